The Kier molecular flexibility index (Phi) is 14.6. The van der Waals surface area contributed by atoms with E-state index in [9.17, 15) is 43.9 Å². The van der Waals surface area contributed by atoms with E-state index < -0.39 is 42.3 Å². The number of hydrogen-bond acceptors (Lipinski definition) is 8. The van der Waals surface area contributed by atoms with Crippen LogP contribution in [0.4, 0.5) is 43.9 Å². The standard InChI is InChI=1S/C19H22FN3O2.3C2HF3O2/c20-16-5-3-9-22-18(16)25-14-19-7-11-24-17(19)6-10-23(13-19)12-15-4-1-2-8-21-15;3*3-2(4,5)1(6)7/h1-5,8-9,17H,6-7,10-14H2;3*(H,6,7)/t17-,19+;;;/m1.../s1. The van der Waals surface area contributed by atoms with Gasteiger partial charge in [0.1, 0.15) is 0 Å². The van der Waals surface area contributed by atoms with Gasteiger partial charge < -0.3 is 24.8 Å². The van der Waals surface area contributed by atoms with Crippen molar-refractivity contribution in [1.29, 1.82) is 0 Å². The second kappa shape index (κ2) is 16.9. The van der Waals surface area contributed by atoms with Gasteiger partial charge in [-0.3, -0.25) is 9.88 Å². The average Bonchev–Trinajstić information content (AvgIpc) is 3.36. The van der Waals surface area contributed by atoms with Crippen molar-refractivity contribution in [2.45, 2.75) is 44.0 Å². The van der Waals surface area contributed by atoms with E-state index in [1.807, 2.05) is 24.4 Å². The van der Waals surface area contributed by atoms with Crippen molar-refractivity contribution in [2.75, 3.05) is 26.3 Å². The van der Waals surface area contributed by atoms with Crippen molar-refractivity contribution in [3.05, 3.63) is 54.2 Å². The largest absolute Gasteiger partial charge is 0.490 e. The minimum absolute atomic E-state index is 0.0735. The van der Waals surface area contributed by atoms with Gasteiger partial charge in [-0.25, -0.2) is 23.8 Å². The molecule has 2 fully saturated rings. The number of aliphatic carboxylic acids is 3. The summed E-state index contributed by atoms with van der Waals surface area (Å²) in [6.45, 7) is 3.80. The maximum absolute atomic E-state index is 13.8. The van der Waals surface area contributed by atoms with Gasteiger partial charge in [-0.2, -0.15) is 39.5 Å². The zero-order valence-electron chi connectivity index (χ0n) is 23.1. The van der Waals surface area contributed by atoms with Crippen LogP contribution in [0.1, 0.15) is 18.5 Å². The molecule has 11 nitrogen and oxygen atoms in total. The van der Waals surface area contributed by atoms with E-state index in [1.165, 1.54) is 6.07 Å². The zero-order chi connectivity index (χ0) is 35.3. The number of alkyl halides is 9. The molecule has 0 aromatic carbocycles. The van der Waals surface area contributed by atoms with Crippen LogP contribution in [0.3, 0.4) is 0 Å². The van der Waals surface area contributed by atoms with Gasteiger partial charge in [-0.15, -0.1) is 0 Å². The second-order valence-corrected chi connectivity index (χ2v) is 9.28. The molecule has 0 aliphatic carbocycles. The molecule has 2 atom stereocenters. The number of piperidine rings is 1. The first-order chi connectivity index (χ1) is 21.1. The highest BCUT2D eigenvalue weighted by Gasteiger charge is 2.48. The molecule has 21 heteroatoms. The lowest BCUT2D eigenvalue weighted by Gasteiger charge is -2.43. The molecule has 0 bridgehead atoms. The fourth-order valence-electron chi connectivity index (χ4n) is 3.89. The van der Waals surface area contributed by atoms with E-state index >= 15 is 0 Å². The number of hydrogen-bond donors (Lipinski definition) is 3. The van der Waals surface area contributed by atoms with Gasteiger partial charge in [-0.1, -0.05) is 6.07 Å². The van der Waals surface area contributed by atoms with Crippen molar-refractivity contribution in [3.63, 3.8) is 0 Å². The molecule has 0 amide bonds. The van der Waals surface area contributed by atoms with Crippen molar-refractivity contribution >= 4 is 17.9 Å². The lowest BCUT2D eigenvalue weighted by Crippen LogP contribution is -2.52. The summed E-state index contributed by atoms with van der Waals surface area (Å²) < 4.78 is 121. The Morgan fingerprint density at radius 2 is 1.39 bits per heavy atom. The Hall–Kier alpha value is -4.27. The number of carbonyl (C=O) groups is 3. The predicted octanol–water partition coefficient (Wildman–Crippen LogP) is 4.58. The number of pyridine rings is 2. The summed E-state index contributed by atoms with van der Waals surface area (Å²) in [5.74, 6) is -8.62. The maximum Gasteiger partial charge on any atom is 0.490 e. The molecule has 2 aliphatic heterocycles. The van der Waals surface area contributed by atoms with E-state index in [-0.39, 0.29) is 17.4 Å². The number of likely N-dealkylation sites (tertiary alicyclic amines) is 1. The van der Waals surface area contributed by atoms with Crippen LogP contribution < -0.4 is 4.74 Å². The number of aromatic nitrogens is 2. The molecule has 0 saturated carbocycles. The van der Waals surface area contributed by atoms with Crippen LogP contribution in [-0.2, 0) is 25.7 Å². The minimum atomic E-state index is -5.08. The van der Waals surface area contributed by atoms with E-state index in [1.54, 1.807) is 12.3 Å². The molecular formula is C25H25F10N3O8. The van der Waals surface area contributed by atoms with Crippen LogP contribution in [0, 0.1) is 11.2 Å². The summed E-state index contributed by atoms with van der Waals surface area (Å²) >= 11 is 0. The molecule has 2 aliphatic rings. The number of carboxylic acids is 3. The lowest BCUT2D eigenvalue weighted by molar-refractivity contribution is -0.193. The second-order valence-electron chi connectivity index (χ2n) is 9.28. The lowest BCUT2D eigenvalue weighted by atomic mass is 9.77. The Bertz CT molecular complexity index is 1220. The molecule has 0 spiro atoms. The molecule has 258 valence electrons. The van der Waals surface area contributed by atoms with Crippen molar-refractivity contribution in [2.24, 2.45) is 5.41 Å². The van der Waals surface area contributed by atoms with Gasteiger partial charge in [0.25, 0.3) is 0 Å². The normalized spacial score (nSPS) is 19.5. The molecule has 2 saturated heterocycles. The molecule has 4 rings (SSSR count). The fraction of sp³-hybridized carbons (Fsp3) is 0.480. The highest BCUT2D eigenvalue weighted by Crippen LogP contribution is 2.41. The summed E-state index contributed by atoms with van der Waals surface area (Å²) in [4.78, 5) is 37.5. The third-order valence-corrected chi connectivity index (χ3v) is 5.91. The van der Waals surface area contributed by atoms with E-state index in [0.717, 1.165) is 44.8 Å². The number of halogens is 10. The number of fused-ring (bicyclic) bond motifs is 1. The summed E-state index contributed by atoms with van der Waals surface area (Å²) in [6.07, 6.45) is -9.83. The Balaban J connectivity index is 0.000000413. The van der Waals surface area contributed by atoms with Gasteiger partial charge in [0, 0.05) is 44.0 Å². The van der Waals surface area contributed by atoms with Crippen molar-refractivity contribution < 1.29 is 83.1 Å². The van der Waals surface area contributed by atoms with E-state index in [2.05, 4.69) is 14.9 Å². The third-order valence-electron chi connectivity index (χ3n) is 5.91. The Morgan fingerprint density at radius 3 is 1.85 bits per heavy atom. The Morgan fingerprint density at radius 1 is 0.870 bits per heavy atom. The van der Waals surface area contributed by atoms with E-state index in [4.69, 9.17) is 39.2 Å². The van der Waals surface area contributed by atoms with Gasteiger partial charge in [0.05, 0.1) is 18.4 Å². The zero-order valence-corrected chi connectivity index (χ0v) is 23.1. The van der Waals surface area contributed by atoms with Crippen LogP contribution in [0.15, 0.2) is 42.7 Å². The first-order valence-corrected chi connectivity index (χ1v) is 12.5. The summed E-state index contributed by atoms with van der Waals surface area (Å²) in [5, 5.41) is 21.4. The fourth-order valence-corrected chi connectivity index (χ4v) is 3.89. The maximum atomic E-state index is 13.8. The van der Waals surface area contributed by atoms with Crippen molar-refractivity contribution in [3.8, 4) is 5.88 Å². The summed E-state index contributed by atoms with van der Waals surface area (Å²) in [5.41, 5.74) is 0.948. The molecule has 3 N–H and O–H groups in total. The van der Waals surface area contributed by atoms with Crippen LogP contribution in [0.5, 0.6) is 5.88 Å². The molecular weight excluding hydrogens is 660 g/mol. The van der Waals surface area contributed by atoms with Crippen LogP contribution in [-0.4, -0.2) is 99.0 Å². The monoisotopic (exact) mass is 685 g/mol. The summed E-state index contributed by atoms with van der Waals surface area (Å²) in [6, 6.07) is 8.92. The van der Waals surface area contributed by atoms with Crippen LogP contribution >= 0.6 is 0 Å². The van der Waals surface area contributed by atoms with Crippen molar-refractivity contribution in [1.82, 2.24) is 14.9 Å². The molecule has 46 heavy (non-hydrogen) atoms. The Labute approximate surface area is 252 Å². The third kappa shape index (κ3) is 13.8. The van der Waals surface area contributed by atoms with E-state index in [0.29, 0.717) is 6.61 Å². The SMILES string of the molecule is Fc1cccnc1OC[C@@]12CCO[C@@H]1CCN(Cc1ccccn1)C2.O=C(O)C(F)(F)F.O=C(O)C(F)(F)F.O=C(O)C(F)(F)F. The van der Waals surface area contributed by atoms with Gasteiger partial charge in [0.2, 0.25) is 5.88 Å². The van der Waals surface area contributed by atoms with Gasteiger partial charge >= 0.3 is 36.4 Å². The van der Waals surface area contributed by atoms with Gasteiger partial charge in [-0.05, 0) is 37.1 Å². The summed E-state index contributed by atoms with van der Waals surface area (Å²) in [7, 11) is 0. The topological polar surface area (TPSA) is 159 Å². The minimum Gasteiger partial charge on any atom is -0.475 e. The predicted molar refractivity (Wildman–Crippen MR) is 132 cm³/mol. The quantitative estimate of drug-likeness (QED) is 0.379. The van der Waals surface area contributed by atoms with Gasteiger partial charge in [0.15, 0.2) is 5.82 Å². The first kappa shape index (κ1) is 39.8. The average molecular weight is 685 g/mol. The van der Waals surface area contributed by atoms with Crippen LogP contribution in [0.25, 0.3) is 0 Å². The van der Waals surface area contributed by atoms with Crippen LogP contribution in [0.2, 0.25) is 0 Å². The number of rotatable bonds is 5. The number of ether oxygens (including phenoxy) is 2. The molecule has 0 radical (unpaired) electrons. The molecule has 4 heterocycles. The smallest absolute Gasteiger partial charge is 0.475 e. The first-order valence-electron chi connectivity index (χ1n) is 12.5. The molecule has 2 aromatic rings. The highest BCUT2D eigenvalue weighted by molar-refractivity contribution is 5.73. The number of carboxylic acid groups (broad SMARTS) is 3. The number of nitrogens with zero attached hydrogens (tertiary/aromatic N) is 3. The molecule has 0 unspecified atom stereocenters. The molecule has 2 aromatic heterocycles. The highest BCUT2D eigenvalue weighted by atomic mass is 19.4.